The summed E-state index contributed by atoms with van der Waals surface area (Å²) in [6, 6.07) is 9.72. The highest BCUT2D eigenvalue weighted by Crippen LogP contribution is 2.32. The molecule has 1 saturated heterocycles. The van der Waals surface area contributed by atoms with E-state index in [1.807, 2.05) is 30.3 Å². The molecule has 0 radical (unpaired) electrons. The number of nitrogens with zero attached hydrogens (tertiary/aromatic N) is 5. The molecule has 3 heterocycles. The van der Waals surface area contributed by atoms with Crippen molar-refractivity contribution in [3.05, 3.63) is 47.9 Å². The Kier molecular flexibility index (Phi) is 6.82. The maximum absolute atomic E-state index is 13.4. The van der Waals surface area contributed by atoms with Gasteiger partial charge in [0.25, 0.3) is 0 Å². The molecule has 0 saturated carbocycles. The van der Waals surface area contributed by atoms with E-state index in [0.717, 1.165) is 23.4 Å². The van der Waals surface area contributed by atoms with Crippen LogP contribution in [0.25, 0.3) is 11.3 Å². The minimum atomic E-state index is -0.729. The van der Waals surface area contributed by atoms with Gasteiger partial charge in [0.05, 0.1) is 25.2 Å². The molecule has 0 bridgehead atoms. The Labute approximate surface area is 179 Å². The molecule has 1 atom stereocenters. The highest BCUT2D eigenvalue weighted by molar-refractivity contribution is 5.85. The number of aromatic nitrogens is 4. The fourth-order valence-corrected chi connectivity index (χ4v) is 3.35. The van der Waals surface area contributed by atoms with Gasteiger partial charge in [-0.3, -0.25) is 10.00 Å². The van der Waals surface area contributed by atoms with Gasteiger partial charge >= 0.3 is 0 Å². The number of likely N-dealkylation sites (tertiary alicyclic amines) is 1. The van der Waals surface area contributed by atoms with Crippen molar-refractivity contribution in [1.82, 2.24) is 25.1 Å². The SMILES string of the molecule is COc1cc(CN2CC[C@@H](F)C2)ccc1-c1cc(Nc2cnc(C#N)cn2)n[nH]1.Cl. The lowest BCUT2D eigenvalue weighted by atomic mass is 10.1. The molecule has 1 aliphatic heterocycles. The van der Waals surface area contributed by atoms with Crippen LogP contribution in [0.2, 0.25) is 0 Å². The molecule has 1 aromatic carbocycles. The predicted octanol–water partition coefficient (Wildman–Crippen LogP) is 3.46. The average Bonchev–Trinajstić information content (AvgIpc) is 3.37. The summed E-state index contributed by atoms with van der Waals surface area (Å²) in [5.74, 6) is 1.77. The lowest BCUT2D eigenvalue weighted by molar-refractivity contribution is 0.282. The number of methoxy groups -OCH3 is 1. The number of benzene rings is 1. The smallest absolute Gasteiger partial charge is 0.158 e. The zero-order chi connectivity index (χ0) is 20.2. The molecular weight excluding hydrogens is 409 g/mol. The average molecular weight is 430 g/mol. The highest BCUT2D eigenvalue weighted by Gasteiger charge is 2.22. The first-order chi connectivity index (χ1) is 14.1. The van der Waals surface area contributed by atoms with Gasteiger partial charge in [0.2, 0.25) is 0 Å². The van der Waals surface area contributed by atoms with E-state index in [4.69, 9.17) is 10.00 Å². The van der Waals surface area contributed by atoms with Gasteiger partial charge in [-0.15, -0.1) is 12.4 Å². The second-order valence-corrected chi connectivity index (χ2v) is 6.85. The van der Waals surface area contributed by atoms with E-state index in [1.54, 1.807) is 7.11 Å². The molecule has 30 heavy (non-hydrogen) atoms. The number of H-pyrrole nitrogens is 1. The van der Waals surface area contributed by atoms with Crippen LogP contribution >= 0.6 is 12.4 Å². The topological polar surface area (TPSA) is 103 Å². The second kappa shape index (κ2) is 9.52. The van der Waals surface area contributed by atoms with Crippen molar-refractivity contribution in [3.63, 3.8) is 0 Å². The van der Waals surface area contributed by atoms with Crippen LogP contribution in [-0.2, 0) is 6.54 Å². The summed E-state index contributed by atoms with van der Waals surface area (Å²) in [5, 5.41) is 19.1. The van der Waals surface area contributed by atoms with Crippen LogP contribution in [-0.4, -0.2) is 51.4 Å². The van der Waals surface area contributed by atoms with Crippen molar-refractivity contribution < 1.29 is 9.13 Å². The number of hydrogen-bond donors (Lipinski definition) is 2. The van der Waals surface area contributed by atoms with Crippen molar-refractivity contribution in [2.75, 3.05) is 25.5 Å². The summed E-state index contributed by atoms with van der Waals surface area (Å²) in [5.41, 5.74) is 2.97. The zero-order valence-corrected chi connectivity index (χ0v) is 17.1. The van der Waals surface area contributed by atoms with Crippen LogP contribution < -0.4 is 10.1 Å². The van der Waals surface area contributed by atoms with Gasteiger partial charge in [0.15, 0.2) is 11.5 Å². The molecule has 1 fully saturated rings. The Morgan fingerprint density at radius 1 is 1.30 bits per heavy atom. The minimum Gasteiger partial charge on any atom is -0.496 e. The van der Waals surface area contributed by atoms with Crippen LogP contribution in [0.4, 0.5) is 16.0 Å². The molecule has 0 amide bonds. The maximum Gasteiger partial charge on any atom is 0.158 e. The number of anilines is 2. The van der Waals surface area contributed by atoms with E-state index in [9.17, 15) is 4.39 Å². The van der Waals surface area contributed by atoms with Gasteiger partial charge in [0, 0.05) is 31.3 Å². The van der Waals surface area contributed by atoms with Gasteiger partial charge in [-0.05, 0) is 24.1 Å². The molecule has 10 heteroatoms. The van der Waals surface area contributed by atoms with Gasteiger partial charge in [-0.2, -0.15) is 10.4 Å². The number of halogens is 2. The molecule has 4 rings (SSSR count). The molecular formula is C20H21ClFN7O. The summed E-state index contributed by atoms with van der Waals surface area (Å²) >= 11 is 0. The summed E-state index contributed by atoms with van der Waals surface area (Å²) in [4.78, 5) is 10.2. The predicted molar refractivity (Wildman–Crippen MR) is 113 cm³/mol. The van der Waals surface area contributed by atoms with Crippen molar-refractivity contribution in [2.45, 2.75) is 19.1 Å². The first-order valence-electron chi connectivity index (χ1n) is 9.23. The van der Waals surface area contributed by atoms with Crippen molar-refractivity contribution in [2.24, 2.45) is 0 Å². The fourth-order valence-electron chi connectivity index (χ4n) is 3.35. The van der Waals surface area contributed by atoms with Gasteiger partial charge < -0.3 is 10.1 Å². The number of nitriles is 1. The monoisotopic (exact) mass is 429 g/mol. The summed E-state index contributed by atoms with van der Waals surface area (Å²) in [6.45, 7) is 1.96. The molecule has 8 nitrogen and oxygen atoms in total. The maximum atomic E-state index is 13.4. The number of nitrogens with one attached hydrogen (secondary N) is 2. The Morgan fingerprint density at radius 2 is 2.17 bits per heavy atom. The molecule has 0 spiro atoms. The lowest BCUT2D eigenvalue weighted by Crippen LogP contribution is -2.20. The summed E-state index contributed by atoms with van der Waals surface area (Å²) < 4.78 is 19.0. The third-order valence-corrected chi connectivity index (χ3v) is 4.78. The number of hydrogen-bond acceptors (Lipinski definition) is 7. The Hall–Kier alpha value is -3.22. The quantitative estimate of drug-likeness (QED) is 0.618. The first-order valence-corrected chi connectivity index (χ1v) is 9.23. The van der Waals surface area contributed by atoms with Gasteiger partial charge in [0.1, 0.15) is 23.8 Å². The summed E-state index contributed by atoms with van der Waals surface area (Å²) in [6.07, 6.45) is 2.74. The van der Waals surface area contributed by atoms with E-state index in [-0.39, 0.29) is 18.1 Å². The van der Waals surface area contributed by atoms with Gasteiger partial charge in [-0.25, -0.2) is 14.4 Å². The highest BCUT2D eigenvalue weighted by atomic mass is 35.5. The second-order valence-electron chi connectivity index (χ2n) is 6.85. The van der Waals surface area contributed by atoms with Crippen LogP contribution in [0.3, 0.4) is 0 Å². The minimum absolute atomic E-state index is 0. The van der Waals surface area contributed by atoms with Crippen LogP contribution in [0.5, 0.6) is 5.75 Å². The Balaban J connectivity index is 0.00000256. The molecule has 2 aromatic heterocycles. The largest absolute Gasteiger partial charge is 0.496 e. The first kappa shape index (κ1) is 21.5. The molecule has 3 aromatic rings. The fraction of sp³-hybridized carbons (Fsp3) is 0.300. The molecule has 0 aliphatic carbocycles. The van der Waals surface area contributed by atoms with Crippen LogP contribution in [0.1, 0.15) is 17.7 Å². The normalized spacial score (nSPS) is 16.0. The molecule has 156 valence electrons. The van der Waals surface area contributed by atoms with E-state index in [1.165, 1.54) is 12.4 Å². The Bertz CT molecular complexity index is 1030. The number of rotatable bonds is 6. The van der Waals surface area contributed by atoms with Crippen molar-refractivity contribution >= 4 is 24.0 Å². The summed E-state index contributed by atoms with van der Waals surface area (Å²) in [7, 11) is 1.62. The standard InChI is InChI=1S/C20H20FN7O.ClH/c1-29-18-6-13(11-28-5-4-14(21)12-28)2-3-16(18)17-7-19(27-26-17)25-20-10-23-15(8-22)9-24-20;/h2-3,6-7,9-10,14H,4-5,11-12H2,1H3,(H2,24,25,26,27);1H/t14-;/m1./s1. The lowest BCUT2D eigenvalue weighted by Gasteiger charge is -2.16. The zero-order valence-electron chi connectivity index (χ0n) is 16.3. The van der Waals surface area contributed by atoms with Crippen molar-refractivity contribution in [1.29, 1.82) is 5.26 Å². The van der Waals surface area contributed by atoms with Crippen LogP contribution in [0, 0.1) is 11.3 Å². The molecule has 1 aliphatic rings. The number of alkyl halides is 1. The Morgan fingerprint density at radius 3 is 2.83 bits per heavy atom. The van der Waals surface area contributed by atoms with Crippen LogP contribution in [0.15, 0.2) is 36.7 Å². The van der Waals surface area contributed by atoms with E-state index in [2.05, 4.69) is 30.4 Å². The van der Waals surface area contributed by atoms with Crippen molar-refractivity contribution in [3.8, 4) is 23.1 Å². The van der Waals surface area contributed by atoms with E-state index >= 15 is 0 Å². The van der Waals surface area contributed by atoms with Gasteiger partial charge in [-0.1, -0.05) is 6.07 Å². The molecule has 2 N–H and O–H groups in total. The molecule has 0 unspecified atom stereocenters. The number of ether oxygens (including phenoxy) is 1. The third-order valence-electron chi connectivity index (χ3n) is 4.78. The van der Waals surface area contributed by atoms with E-state index < -0.39 is 6.17 Å². The van der Waals surface area contributed by atoms with E-state index in [0.29, 0.717) is 36.9 Å². The third kappa shape index (κ3) is 4.84. The number of aromatic amines is 1.